The van der Waals surface area contributed by atoms with Crippen LogP contribution in [0.4, 0.5) is 5.82 Å². The van der Waals surface area contributed by atoms with Crippen LogP contribution in [0.5, 0.6) is 5.75 Å². The number of phenolic OH excluding ortho intramolecular Hbond substituents is 1. The van der Waals surface area contributed by atoms with Crippen molar-refractivity contribution in [2.75, 3.05) is 5.32 Å². The summed E-state index contributed by atoms with van der Waals surface area (Å²) in [6, 6.07) is 10.5. The quantitative estimate of drug-likeness (QED) is 0.831. The van der Waals surface area contributed by atoms with Gasteiger partial charge in [0.15, 0.2) is 5.82 Å². The van der Waals surface area contributed by atoms with Crippen LogP contribution in [0.25, 0.3) is 0 Å². The minimum atomic E-state index is 0.228. The van der Waals surface area contributed by atoms with Crippen LogP contribution in [-0.4, -0.2) is 15.3 Å². The van der Waals surface area contributed by atoms with Gasteiger partial charge in [-0.2, -0.15) is 10.4 Å². The smallest absolute Gasteiger partial charge is 0.166 e. The number of nitrogens with zero attached hydrogens (tertiary/aromatic N) is 3. The molecule has 0 unspecified atom stereocenters. The van der Waals surface area contributed by atoms with E-state index in [1.165, 1.54) is 6.20 Å². The number of benzene rings is 1. The second-order valence-corrected chi connectivity index (χ2v) is 3.43. The van der Waals surface area contributed by atoms with E-state index >= 15 is 0 Å². The van der Waals surface area contributed by atoms with Gasteiger partial charge in [-0.1, -0.05) is 12.1 Å². The molecule has 2 rings (SSSR count). The Kier molecular flexibility index (Phi) is 3.17. The van der Waals surface area contributed by atoms with Gasteiger partial charge in [0.05, 0.1) is 11.8 Å². The summed E-state index contributed by atoms with van der Waals surface area (Å²) in [5.74, 6) is 0.689. The monoisotopic (exact) mass is 226 g/mol. The van der Waals surface area contributed by atoms with Crippen LogP contribution in [0.3, 0.4) is 0 Å². The standard InChI is InChI=1S/C12H10N4O/c13-7-10-5-6-15-16-12(10)14-8-9-1-3-11(17)4-2-9/h1-6,17H,8H2,(H,14,16). The Morgan fingerprint density at radius 2 is 2.00 bits per heavy atom. The van der Waals surface area contributed by atoms with Crippen molar-refractivity contribution in [1.82, 2.24) is 10.2 Å². The van der Waals surface area contributed by atoms with Gasteiger partial charge in [0.1, 0.15) is 11.8 Å². The number of nitrogens with one attached hydrogen (secondary N) is 1. The molecule has 1 heterocycles. The number of aromatic nitrogens is 2. The Morgan fingerprint density at radius 3 is 2.71 bits per heavy atom. The molecule has 0 amide bonds. The number of nitriles is 1. The third-order valence-electron chi connectivity index (χ3n) is 2.24. The van der Waals surface area contributed by atoms with E-state index in [2.05, 4.69) is 15.5 Å². The van der Waals surface area contributed by atoms with Crippen LogP contribution in [0.2, 0.25) is 0 Å². The lowest BCUT2D eigenvalue weighted by molar-refractivity contribution is 0.475. The fourth-order valence-electron chi connectivity index (χ4n) is 1.35. The number of anilines is 1. The third kappa shape index (κ3) is 2.69. The lowest BCUT2D eigenvalue weighted by Crippen LogP contribution is -2.04. The summed E-state index contributed by atoms with van der Waals surface area (Å²) < 4.78 is 0. The average molecular weight is 226 g/mol. The SMILES string of the molecule is N#Cc1ccnnc1NCc1ccc(O)cc1. The molecule has 1 aromatic carbocycles. The zero-order valence-electron chi connectivity index (χ0n) is 8.96. The molecule has 1 aromatic heterocycles. The van der Waals surface area contributed by atoms with Gasteiger partial charge in [-0.15, -0.1) is 5.10 Å². The van der Waals surface area contributed by atoms with Crippen molar-refractivity contribution in [3.8, 4) is 11.8 Å². The Morgan fingerprint density at radius 1 is 1.24 bits per heavy atom. The largest absolute Gasteiger partial charge is 0.508 e. The zero-order chi connectivity index (χ0) is 12.1. The average Bonchev–Trinajstić information content (AvgIpc) is 2.38. The van der Waals surface area contributed by atoms with Crippen molar-refractivity contribution in [3.63, 3.8) is 0 Å². The van der Waals surface area contributed by atoms with Gasteiger partial charge in [-0.25, -0.2) is 0 Å². The third-order valence-corrected chi connectivity index (χ3v) is 2.24. The van der Waals surface area contributed by atoms with Crippen molar-refractivity contribution in [3.05, 3.63) is 47.7 Å². The molecule has 0 saturated carbocycles. The first-order valence-electron chi connectivity index (χ1n) is 5.03. The van der Waals surface area contributed by atoms with Gasteiger partial charge < -0.3 is 10.4 Å². The molecule has 2 N–H and O–H groups in total. The number of rotatable bonds is 3. The first-order chi connectivity index (χ1) is 8.29. The van der Waals surface area contributed by atoms with Crippen molar-refractivity contribution in [2.24, 2.45) is 0 Å². The molecule has 84 valence electrons. The highest BCUT2D eigenvalue weighted by molar-refractivity contribution is 5.50. The predicted octanol–water partition coefficient (Wildman–Crippen LogP) is 1.67. The molecule has 0 bridgehead atoms. The lowest BCUT2D eigenvalue weighted by Gasteiger charge is -2.06. The Bertz CT molecular complexity index is 545. The van der Waals surface area contributed by atoms with E-state index in [1.54, 1.807) is 30.3 Å². The Balaban J connectivity index is 2.08. The van der Waals surface area contributed by atoms with Crippen LogP contribution in [0.1, 0.15) is 11.1 Å². The van der Waals surface area contributed by atoms with E-state index in [4.69, 9.17) is 10.4 Å². The molecule has 17 heavy (non-hydrogen) atoms. The highest BCUT2D eigenvalue weighted by Gasteiger charge is 2.02. The van der Waals surface area contributed by atoms with Crippen molar-refractivity contribution >= 4 is 5.82 Å². The van der Waals surface area contributed by atoms with Gasteiger partial charge in [0.2, 0.25) is 0 Å². The molecule has 0 aliphatic carbocycles. The number of aromatic hydroxyl groups is 1. The molecule has 5 heteroatoms. The topological polar surface area (TPSA) is 81.8 Å². The van der Waals surface area contributed by atoms with Gasteiger partial charge in [0, 0.05) is 6.54 Å². The maximum absolute atomic E-state index is 9.14. The summed E-state index contributed by atoms with van der Waals surface area (Å²) in [5, 5.41) is 28.6. The predicted molar refractivity (Wildman–Crippen MR) is 62.2 cm³/mol. The van der Waals surface area contributed by atoms with Crippen LogP contribution in [-0.2, 0) is 6.54 Å². The molecular weight excluding hydrogens is 216 g/mol. The van der Waals surface area contributed by atoms with Crippen LogP contribution in [0, 0.1) is 11.3 Å². The maximum Gasteiger partial charge on any atom is 0.166 e. The normalized spacial score (nSPS) is 9.59. The van der Waals surface area contributed by atoms with E-state index in [9.17, 15) is 0 Å². The molecule has 0 radical (unpaired) electrons. The van der Waals surface area contributed by atoms with Crippen LogP contribution in [0.15, 0.2) is 36.5 Å². The summed E-state index contributed by atoms with van der Waals surface area (Å²) in [7, 11) is 0. The summed E-state index contributed by atoms with van der Waals surface area (Å²) >= 11 is 0. The molecule has 0 aliphatic heterocycles. The van der Waals surface area contributed by atoms with E-state index in [-0.39, 0.29) is 5.75 Å². The van der Waals surface area contributed by atoms with Gasteiger partial charge >= 0.3 is 0 Å². The van der Waals surface area contributed by atoms with E-state index in [1.807, 2.05) is 6.07 Å². The summed E-state index contributed by atoms with van der Waals surface area (Å²) in [6.45, 7) is 0.521. The highest BCUT2D eigenvalue weighted by Crippen LogP contribution is 2.13. The molecular formula is C12H10N4O. The van der Waals surface area contributed by atoms with E-state index in [0.29, 0.717) is 17.9 Å². The van der Waals surface area contributed by atoms with Gasteiger partial charge in [0.25, 0.3) is 0 Å². The second-order valence-electron chi connectivity index (χ2n) is 3.43. The molecule has 0 saturated heterocycles. The minimum Gasteiger partial charge on any atom is -0.508 e. The van der Waals surface area contributed by atoms with E-state index < -0.39 is 0 Å². The lowest BCUT2D eigenvalue weighted by atomic mass is 10.2. The zero-order valence-corrected chi connectivity index (χ0v) is 8.96. The van der Waals surface area contributed by atoms with Gasteiger partial charge in [-0.05, 0) is 23.8 Å². The first-order valence-corrected chi connectivity index (χ1v) is 5.03. The highest BCUT2D eigenvalue weighted by atomic mass is 16.3. The molecule has 0 fully saturated rings. The van der Waals surface area contributed by atoms with Crippen molar-refractivity contribution < 1.29 is 5.11 Å². The second kappa shape index (κ2) is 4.94. The molecule has 0 atom stereocenters. The molecule has 2 aromatic rings. The summed E-state index contributed by atoms with van der Waals surface area (Å²) in [6.07, 6.45) is 1.48. The Hall–Kier alpha value is -2.61. The molecule has 0 aliphatic rings. The Labute approximate surface area is 98.4 Å². The molecule has 5 nitrogen and oxygen atoms in total. The maximum atomic E-state index is 9.14. The number of hydrogen-bond donors (Lipinski definition) is 2. The molecule has 0 spiro atoms. The van der Waals surface area contributed by atoms with Crippen molar-refractivity contribution in [2.45, 2.75) is 6.54 Å². The van der Waals surface area contributed by atoms with Crippen molar-refractivity contribution in [1.29, 1.82) is 5.26 Å². The van der Waals surface area contributed by atoms with E-state index in [0.717, 1.165) is 5.56 Å². The number of phenols is 1. The minimum absolute atomic E-state index is 0.228. The number of hydrogen-bond acceptors (Lipinski definition) is 5. The van der Waals surface area contributed by atoms with Crippen LogP contribution >= 0.6 is 0 Å². The first kappa shape index (κ1) is 10.9. The van der Waals surface area contributed by atoms with Gasteiger partial charge in [-0.3, -0.25) is 0 Å². The fraction of sp³-hybridized carbons (Fsp3) is 0.0833. The summed E-state index contributed by atoms with van der Waals surface area (Å²) in [5.41, 5.74) is 1.44. The summed E-state index contributed by atoms with van der Waals surface area (Å²) in [4.78, 5) is 0. The van der Waals surface area contributed by atoms with Crippen LogP contribution < -0.4 is 5.32 Å². The fourth-order valence-corrected chi connectivity index (χ4v) is 1.35.